The predicted octanol–water partition coefficient (Wildman–Crippen LogP) is 2.33. The number of furan rings is 1. The first-order valence-corrected chi connectivity index (χ1v) is 9.55. The van der Waals surface area contributed by atoms with E-state index in [9.17, 15) is 19.6 Å². The van der Waals surface area contributed by atoms with Crippen LogP contribution in [0.2, 0.25) is 0 Å². The number of carbonyl (C=O) groups is 3. The van der Waals surface area contributed by atoms with Crippen molar-refractivity contribution in [2.45, 2.75) is 32.1 Å². The number of amides is 3. The second kappa shape index (κ2) is 9.06. The summed E-state index contributed by atoms with van der Waals surface area (Å²) in [5.41, 5.74) is 0.379. The lowest BCUT2D eigenvalue weighted by Gasteiger charge is -2.25. The Labute approximate surface area is 167 Å². The summed E-state index contributed by atoms with van der Waals surface area (Å²) >= 11 is 0. The van der Waals surface area contributed by atoms with Gasteiger partial charge in [0.25, 0.3) is 0 Å². The van der Waals surface area contributed by atoms with Gasteiger partial charge in [0.15, 0.2) is 17.1 Å². The van der Waals surface area contributed by atoms with Gasteiger partial charge in [-0.15, -0.1) is 0 Å². The Morgan fingerprint density at radius 3 is 2.76 bits per heavy atom. The van der Waals surface area contributed by atoms with Gasteiger partial charge in [0.2, 0.25) is 12.3 Å². The van der Waals surface area contributed by atoms with Crippen molar-refractivity contribution in [3.8, 4) is 5.75 Å². The summed E-state index contributed by atoms with van der Waals surface area (Å²) in [6.45, 7) is -0.228. The number of fused-ring (bicyclic) bond motifs is 1. The highest BCUT2D eigenvalue weighted by Gasteiger charge is 2.33. The van der Waals surface area contributed by atoms with Gasteiger partial charge in [0.05, 0.1) is 19.6 Å². The van der Waals surface area contributed by atoms with Crippen LogP contribution in [0.5, 0.6) is 5.75 Å². The van der Waals surface area contributed by atoms with E-state index >= 15 is 0 Å². The number of rotatable bonds is 8. The Balaban J connectivity index is 1.79. The number of para-hydroxylation sites is 1. The molecule has 9 nitrogen and oxygen atoms in total. The molecule has 0 radical (unpaired) electrons. The minimum absolute atomic E-state index is 0.101. The number of hydrogen-bond acceptors (Lipinski definition) is 7. The molecule has 9 heteroatoms. The molecule has 0 saturated heterocycles. The molecule has 0 spiro atoms. The van der Waals surface area contributed by atoms with E-state index in [4.69, 9.17) is 15.0 Å². The van der Waals surface area contributed by atoms with Crippen LogP contribution in [0.3, 0.4) is 0 Å². The van der Waals surface area contributed by atoms with E-state index in [1.165, 1.54) is 13.2 Å². The molecule has 0 bridgehead atoms. The first-order valence-electron chi connectivity index (χ1n) is 9.55. The number of hydrogen-bond donors (Lipinski definition) is 2. The maximum absolute atomic E-state index is 12.9. The second-order valence-electron chi connectivity index (χ2n) is 7.31. The summed E-state index contributed by atoms with van der Waals surface area (Å²) in [5.74, 6) is 4.21. The van der Waals surface area contributed by atoms with Crippen molar-refractivity contribution >= 4 is 29.2 Å². The lowest BCUT2D eigenvalue weighted by atomic mass is 9.92. The van der Waals surface area contributed by atoms with Gasteiger partial charge in [0.1, 0.15) is 0 Å². The third-order valence-corrected chi connectivity index (χ3v) is 5.37. The summed E-state index contributed by atoms with van der Waals surface area (Å²) in [5, 5.41) is 11.1. The van der Waals surface area contributed by atoms with Crippen molar-refractivity contribution < 1.29 is 28.7 Å². The molecule has 1 aliphatic carbocycles. The first kappa shape index (κ1) is 20.8. The monoisotopic (exact) mass is 403 g/mol. The quantitative estimate of drug-likeness (QED) is 0.228. The Kier molecular flexibility index (Phi) is 6.50. The molecule has 3 amide bonds. The summed E-state index contributed by atoms with van der Waals surface area (Å²) in [7, 11) is 1.48. The predicted molar refractivity (Wildman–Crippen MR) is 103 cm³/mol. The van der Waals surface area contributed by atoms with Crippen molar-refractivity contribution in [3.63, 3.8) is 0 Å². The maximum Gasteiger partial charge on any atom is 0.310 e. The molecule has 3 rings (SSSR count). The fourth-order valence-electron chi connectivity index (χ4n) is 3.89. The molecule has 1 fully saturated rings. The molecule has 1 atom stereocenters. The Hall–Kier alpha value is -2.91. The Morgan fingerprint density at radius 2 is 2.10 bits per heavy atom. The van der Waals surface area contributed by atoms with E-state index in [0.717, 1.165) is 25.7 Å². The summed E-state index contributed by atoms with van der Waals surface area (Å²) < 4.78 is 10.8. The number of benzene rings is 1. The van der Waals surface area contributed by atoms with Gasteiger partial charge in [-0.25, -0.2) is 15.9 Å². The molecule has 1 aromatic heterocycles. The average molecular weight is 403 g/mol. The van der Waals surface area contributed by atoms with Crippen LogP contribution < -0.4 is 10.6 Å². The van der Waals surface area contributed by atoms with E-state index < -0.39 is 17.7 Å². The van der Waals surface area contributed by atoms with Crippen LogP contribution in [0.25, 0.3) is 11.0 Å². The van der Waals surface area contributed by atoms with E-state index in [1.807, 2.05) is 0 Å². The fourth-order valence-corrected chi connectivity index (χ4v) is 3.89. The molecular formula is C20H25N3O6. The van der Waals surface area contributed by atoms with Crippen molar-refractivity contribution in [3.05, 3.63) is 30.0 Å². The fraction of sp³-hybridized carbons (Fsp3) is 0.450. The van der Waals surface area contributed by atoms with E-state index in [-0.39, 0.29) is 18.7 Å². The van der Waals surface area contributed by atoms with Crippen LogP contribution in [0.1, 0.15) is 42.7 Å². The molecule has 3 N–H and O–H groups in total. The molecular weight excluding hydrogens is 378 g/mol. The van der Waals surface area contributed by atoms with E-state index in [2.05, 4.69) is 0 Å². The number of carbonyl (C=O) groups excluding carboxylic acids is 3. The van der Waals surface area contributed by atoms with Crippen LogP contribution in [0, 0.1) is 11.8 Å². The SMILES string of the molecule is COc1cccc2cc(C(=O)N(N)C(=O)C(CC3CCCC3)CN(O)C=O)oc12. The van der Waals surface area contributed by atoms with Gasteiger partial charge in [-0.2, -0.15) is 0 Å². The molecule has 1 aromatic carbocycles. The standard InChI is InChI=1S/C20H25N3O6/c1-28-16-8-4-7-14-10-17(29-18(14)16)20(26)23(21)19(25)15(11-22(27)12-24)9-13-5-2-3-6-13/h4,7-8,10,12-13,15,27H,2-3,5-6,9,11,21H2,1H3. The van der Waals surface area contributed by atoms with Crippen LogP contribution in [0.15, 0.2) is 28.7 Å². The highest BCUT2D eigenvalue weighted by molar-refractivity contribution is 6.05. The van der Waals surface area contributed by atoms with Crippen molar-refractivity contribution in [1.29, 1.82) is 0 Å². The molecule has 2 aromatic rings. The lowest BCUT2D eigenvalue weighted by Crippen LogP contribution is -2.48. The molecule has 29 heavy (non-hydrogen) atoms. The number of nitrogens with zero attached hydrogens (tertiary/aromatic N) is 2. The zero-order valence-corrected chi connectivity index (χ0v) is 16.2. The minimum atomic E-state index is -0.805. The Bertz CT molecular complexity index is 889. The van der Waals surface area contributed by atoms with Gasteiger partial charge in [-0.1, -0.05) is 37.8 Å². The number of hydroxylamine groups is 2. The van der Waals surface area contributed by atoms with Gasteiger partial charge >= 0.3 is 5.91 Å². The summed E-state index contributed by atoms with van der Waals surface area (Å²) in [4.78, 5) is 36.5. The third kappa shape index (κ3) is 4.57. The van der Waals surface area contributed by atoms with Crippen LogP contribution in [-0.2, 0) is 9.59 Å². The Morgan fingerprint density at radius 1 is 1.38 bits per heavy atom. The zero-order valence-electron chi connectivity index (χ0n) is 16.2. The molecule has 156 valence electrons. The van der Waals surface area contributed by atoms with Crippen LogP contribution in [-0.4, -0.2) is 47.2 Å². The van der Waals surface area contributed by atoms with Crippen molar-refractivity contribution in [1.82, 2.24) is 10.1 Å². The van der Waals surface area contributed by atoms with Crippen molar-refractivity contribution in [2.24, 2.45) is 17.7 Å². The topological polar surface area (TPSA) is 126 Å². The normalized spacial score (nSPS) is 15.3. The first-order chi connectivity index (χ1) is 13.9. The minimum Gasteiger partial charge on any atom is -0.493 e. The second-order valence-corrected chi connectivity index (χ2v) is 7.31. The van der Waals surface area contributed by atoms with E-state index in [1.54, 1.807) is 18.2 Å². The average Bonchev–Trinajstić information content (AvgIpc) is 3.40. The molecule has 1 heterocycles. The van der Waals surface area contributed by atoms with Gasteiger partial charge in [-0.3, -0.25) is 19.6 Å². The number of nitrogens with two attached hydrogens (primary N) is 1. The number of hydrazine groups is 1. The van der Waals surface area contributed by atoms with Crippen LogP contribution in [0.4, 0.5) is 0 Å². The van der Waals surface area contributed by atoms with Gasteiger partial charge in [0, 0.05) is 5.39 Å². The summed E-state index contributed by atoms with van der Waals surface area (Å²) in [6.07, 6.45) is 4.76. The smallest absolute Gasteiger partial charge is 0.310 e. The maximum atomic E-state index is 12.9. The highest BCUT2D eigenvalue weighted by Crippen LogP contribution is 2.32. The molecule has 1 unspecified atom stereocenters. The largest absolute Gasteiger partial charge is 0.493 e. The number of ether oxygens (including phenoxy) is 1. The third-order valence-electron chi connectivity index (χ3n) is 5.37. The van der Waals surface area contributed by atoms with Gasteiger partial charge < -0.3 is 9.15 Å². The molecule has 0 aliphatic heterocycles. The highest BCUT2D eigenvalue weighted by atomic mass is 16.5. The summed E-state index contributed by atoms with van der Waals surface area (Å²) in [6, 6.07) is 6.68. The molecule has 1 saturated carbocycles. The number of imide groups is 1. The molecule has 1 aliphatic rings. The van der Waals surface area contributed by atoms with Crippen molar-refractivity contribution in [2.75, 3.05) is 13.7 Å². The zero-order chi connectivity index (χ0) is 21.0. The lowest BCUT2D eigenvalue weighted by molar-refractivity contribution is -0.156. The van der Waals surface area contributed by atoms with Crippen LogP contribution >= 0.6 is 0 Å². The van der Waals surface area contributed by atoms with E-state index in [0.29, 0.717) is 39.1 Å². The number of methoxy groups -OCH3 is 1. The van der Waals surface area contributed by atoms with Gasteiger partial charge in [-0.05, 0) is 24.5 Å².